The number of fused-ring (bicyclic) bond motifs is 1. The third-order valence-corrected chi connectivity index (χ3v) is 3.26. The molecule has 0 spiro atoms. The van der Waals surface area contributed by atoms with Crippen LogP contribution < -0.4 is 10.4 Å². The van der Waals surface area contributed by atoms with E-state index in [9.17, 15) is 0 Å². The first-order chi connectivity index (χ1) is 8.93. The van der Waals surface area contributed by atoms with Gasteiger partial charge in [0.05, 0.1) is 12.5 Å². The molecule has 18 heavy (non-hydrogen) atoms. The predicted molar refractivity (Wildman–Crippen MR) is 71.4 cm³/mol. The van der Waals surface area contributed by atoms with Crippen LogP contribution >= 0.6 is 0 Å². The summed E-state index contributed by atoms with van der Waals surface area (Å²) < 4.78 is 11.5. The predicted octanol–water partition coefficient (Wildman–Crippen LogP) is 2.55. The highest BCUT2D eigenvalue weighted by Gasteiger charge is 2.14. The number of benzene rings is 1. The molecule has 0 saturated heterocycles. The van der Waals surface area contributed by atoms with Crippen molar-refractivity contribution in [2.45, 2.75) is 25.7 Å². The van der Waals surface area contributed by atoms with Crippen LogP contribution in [0.3, 0.4) is 0 Å². The summed E-state index contributed by atoms with van der Waals surface area (Å²) in [6.45, 7) is 0. The minimum absolute atomic E-state index is 0.964. The molecule has 0 radical (unpaired) electrons. The molecule has 0 bridgehead atoms. The molecule has 1 aromatic rings. The summed E-state index contributed by atoms with van der Waals surface area (Å²) in [5.74, 6) is 1.95. The van der Waals surface area contributed by atoms with Crippen molar-refractivity contribution in [2.75, 3.05) is 0 Å². The highest BCUT2D eigenvalue weighted by atomic mass is 16.5. The zero-order valence-electron chi connectivity index (χ0n) is 10.3. The summed E-state index contributed by atoms with van der Waals surface area (Å²) in [4.78, 5) is 0. The Labute approximate surface area is 107 Å². The molecule has 3 rings (SSSR count). The van der Waals surface area contributed by atoms with Crippen molar-refractivity contribution in [3.8, 4) is 0 Å². The van der Waals surface area contributed by atoms with Gasteiger partial charge in [-0.1, -0.05) is 30.3 Å². The monoisotopic (exact) mass is 240 g/mol. The van der Waals surface area contributed by atoms with Crippen molar-refractivity contribution in [2.24, 2.45) is 0 Å². The first-order valence-electron chi connectivity index (χ1n) is 6.41. The Morgan fingerprint density at radius 3 is 2.39 bits per heavy atom. The molecule has 2 aliphatic rings. The standard InChI is InChI=1S/C16H16O2/c1-2-7-14-12-18-16-10-4-3-9-15(16)17-11-5-8-13(14)6-1/h1-2,5-8,11-12H,3-4,9-10H2/b11-5-,13-8-,14-12-. The van der Waals surface area contributed by atoms with Crippen LogP contribution in [0.2, 0.25) is 0 Å². The van der Waals surface area contributed by atoms with E-state index < -0.39 is 0 Å². The van der Waals surface area contributed by atoms with Crippen LogP contribution in [0.25, 0.3) is 12.3 Å². The van der Waals surface area contributed by atoms with Gasteiger partial charge < -0.3 is 9.47 Å². The average Bonchev–Trinajstić information content (AvgIpc) is 2.44. The zero-order valence-corrected chi connectivity index (χ0v) is 10.3. The van der Waals surface area contributed by atoms with Gasteiger partial charge in [0.1, 0.15) is 11.5 Å². The average molecular weight is 240 g/mol. The SMILES string of the molecule is C1=C\OC2=C(CCCC2)O/C=c2/cccc/c2=C/1. The molecule has 0 fully saturated rings. The van der Waals surface area contributed by atoms with Gasteiger partial charge in [-0.15, -0.1) is 0 Å². The molecular weight excluding hydrogens is 224 g/mol. The number of allylic oxidation sites excluding steroid dienone is 3. The fourth-order valence-corrected chi connectivity index (χ4v) is 2.27. The lowest BCUT2D eigenvalue weighted by atomic mass is 10.0. The molecule has 1 aliphatic heterocycles. The normalized spacial score (nSPS) is 24.0. The number of ether oxygens (including phenoxy) is 2. The molecule has 1 aromatic carbocycles. The third-order valence-electron chi connectivity index (χ3n) is 3.26. The second-order valence-corrected chi connectivity index (χ2v) is 4.53. The van der Waals surface area contributed by atoms with Crippen molar-refractivity contribution in [3.05, 3.63) is 58.6 Å². The Morgan fingerprint density at radius 1 is 0.833 bits per heavy atom. The smallest absolute Gasteiger partial charge is 0.141 e. The van der Waals surface area contributed by atoms with E-state index in [0.29, 0.717) is 0 Å². The molecule has 0 saturated carbocycles. The molecule has 0 unspecified atom stereocenters. The zero-order chi connectivity index (χ0) is 12.2. The minimum atomic E-state index is 0.964. The Kier molecular flexibility index (Phi) is 3.18. The summed E-state index contributed by atoms with van der Waals surface area (Å²) in [5, 5.41) is 2.23. The van der Waals surface area contributed by atoms with Crippen molar-refractivity contribution >= 4 is 12.3 Å². The van der Waals surface area contributed by atoms with Gasteiger partial charge >= 0.3 is 0 Å². The molecule has 0 amide bonds. The van der Waals surface area contributed by atoms with Crippen molar-refractivity contribution in [3.63, 3.8) is 0 Å². The van der Waals surface area contributed by atoms with Crippen LogP contribution in [-0.2, 0) is 9.47 Å². The van der Waals surface area contributed by atoms with Crippen molar-refractivity contribution in [1.82, 2.24) is 0 Å². The van der Waals surface area contributed by atoms with E-state index in [0.717, 1.165) is 34.8 Å². The molecule has 92 valence electrons. The van der Waals surface area contributed by atoms with Gasteiger partial charge in [-0.2, -0.15) is 0 Å². The van der Waals surface area contributed by atoms with Gasteiger partial charge in [0.25, 0.3) is 0 Å². The van der Waals surface area contributed by atoms with E-state index in [1.807, 2.05) is 30.5 Å². The lowest BCUT2D eigenvalue weighted by molar-refractivity contribution is 0.253. The molecule has 2 nitrogen and oxygen atoms in total. The van der Waals surface area contributed by atoms with Crippen LogP contribution in [0.15, 0.2) is 48.1 Å². The Balaban J connectivity index is 2.07. The molecule has 0 atom stereocenters. The second-order valence-electron chi connectivity index (χ2n) is 4.53. The van der Waals surface area contributed by atoms with Gasteiger partial charge in [-0.05, 0) is 24.1 Å². The Morgan fingerprint density at radius 2 is 1.56 bits per heavy atom. The van der Waals surface area contributed by atoms with E-state index >= 15 is 0 Å². The highest BCUT2D eigenvalue weighted by molar-refractivity contribution is 5.38. The van der Waals surface area contributed by atoms with E-state index in [1.54, 1.807) is 6.26 Å². The summed E-state index contributed by atoms with van der Waals surface area (Å²) in [7, 11) is 0. The Bertz CT molecular complexity index is 608. The highest BCUT2D eigenvalue weighted by Crippen LogP contribution is 2.26. The number of hydrogen-bond acceptors (Lipinski definition) is 2. The molecular formula is C16H16O2. The molecule has 2 heteroatoms. The Hall–Kier alpha value is -1.96. The lowest BCUT2D eigenvalue weighted by Gasteiger charge is -2.18. The van der Waals surface area contributed by atoms with Gasteiger partial charge in [-0.25, -0.2) is 0 Å². The van der Waals surface area contributed by atoms with E-state index in [2.05, 4.69) is 12.1 Å². The summed E-state index contributed by atoms with van der Waals surface area (Å²) in [5.41, 5.74) is 0. The molecule has 0 N–H and O–H groups in total. The quantitative estimate of drug-likeness (QED) is 0.694. The van der Waals surface area contributed by atoms with Gasteiger partial charge in [0.2, 0.25) is 0 Å². The maximum absolute atomic E-state index is 5.82. The fourth-order valence-electron chi connectivity index (χ4n) is 2.27. The van der Waals surface area contributed by atoms with E-state index in [4.69, 9.17) is 9.47 Å². The van der Waals surface area contributed by atoms with Crippen LogP contribution in [-0.4, -0.2) is 0 Å². The lowest BCUT2D eigenvalue weighted by Crippen LogP contribution is -2.24. The van der Waals surface area contributed by atoms with Crippen molar-refractivity contribution in [1.29, 1.82) is 0 Å². The maximum atomic E-state index is 5.82. The summed E-state index contributed by atoms with van der Waals surface area (Å²) in [6, 6.07) is 8.17. The summed E-state index contributed by atoms with van der Waals surface area (Å²) >= 11 is 0. The first kappa shape index (κ1) is 11.1. The molecule has 0 aromatic heterocycles. The largest absolute Gasteiger partial charge is 0.466 e. The fraction of sp³-hybridized carbons (Fsp3) is 0.250. The van der Waals surface area contributed by atoms with Crippen LogP contribution in [0.5, 0.6) is 0 Å². The summed E-state index contributed by atoms with van der Waals surface area (Å²) in [6.07, 6.45) is 11.8. The second kappa shape index (κ2) is 5.13. The number of rotatable bonds is 0. The topological polar surface area (TPSA) is 18.5 Å². The van der Waals surface area contributed by atoms with Crippen LogP contribution in [0, 0.1) is 0 Å². The first-order valence-corrected chi connectivity index (χ1v) is 6.41. The van der Waals surface area contributed by atoms with Gasteiger partial charge in [0.15, 0.2) is 0 Å². The minimum Gasteiger partial charge on any atom is -0.466 e. The molecule has 1 aliphatic carbocycles. The molecule has 1 heterocycles. The van der Waals surface area contributed by atoms with Gasteiger partial charge in [0, 0.05) is 18.1 Å². The van der Waals surface area contributed by atoms with E-state index in [1.165, 1.54) is 12.8 Å². The van der Waals surface area contributed by atoms with Crippen LogP contribution in [0.1, 0.15) is 25.7 Å². The maximum Gasteiger partial charge on any atom is 0.141 e. The third kappa shape index (κ3) is 2.33. The van der Waals surface area contributed by atoms with Crippen LogP contribution in [0.4, 0.5) is 0 Å². The van der Waals surface area contributed by atoms with E-state index in [-0.39, 0.29) is 0 Å². The van der Waals surface area contributed by atoms with Crippen molar-refractivity contribution < 1.29 is 9.47 Å². The number of hydrogen-bond donors (Lipinski definition) is 0. The van der Waals surface area contributed by atoms with Gasteiger partial charge in [-0.3, -0.25) is 0 Å².